The Bertz CT molecular complexity index is 1490. The molecular weight excluding hydrogens is 471 g/mol. The zero-order valence-corrected chi connectivity index (χ0v) is 19.5. The summed E-state index contributed by atoms with van der Waals surface area (Å²) in [7, 11) is 0. The number of benzene rings is 4. The Balaban J connectivity index is 1.57. The minimum absolute atomic E-state index is 0.0751. The highest BCUT2D eigenvalue weighted by molar-refractivity contribution is 5.95. The van der Waals surface area contributed by atoms with Crippen molar-refractivity contribution in [1.82, 2.24) is 15.1 Å². The highest BCUT2D eigenvalue weighted by atomic mass is 19.1. The minimum Gasteiger partial charge on any atom is -0.340 e. The molecule has 0 fully saturated rings. The van der Waals surface area contributed by atoms with Gasteiger partial charge in [0.25, 0.3) is 11.6 Å². The Hall–Kier alpha value is -5.11. The molecule has 1 N–H and O–H groups in total. The standard InChI is InChI=1S/C29H21FN4O3/c30-23-13-11-20(12-14-23)26-19-27(33(32-26)24-15-17-25(18-16-24)34(36)37)29(35)31-28(21-7-3-1-4-8-21)22-9-5-2-6-10-22/h1-19,28H,(H,31,35). The Morgan fingerprint density at radius 1 is 0.838 bits per heavy atom. The average Bonchev–Trinajstić information content (AvgIpc) is 3.39. The molecular formula is C29H21FN4O3. The molecule has 0 aliphatic rings. The highest BCUT2D eigenvalue weighted by Crippen LogP contribution is 2.26. The van der Waals surface area contributed by atoms with Gasteiger partial charge in [-0.2, -0.15) is 5.10 Å². The summed E-state index contributed by atoms with van der Waals surface area (Å²) < 4.78 is 14.9. The summed E-state index contributed by atoms with van der Waals surface area (Å²) in [6.07, 6.45) is 0. The molecule has 7 nitrogen and oxygen atoms in total. The summed E-state index contributed by atoms with van der Waals surface area (Å²) in [5, 5.41) is 18.8. The van der Waals surface area contributed by atoms with Crippen molar-refractivity contribution in [2.24, 2.45) is 0 Å². The maximum absolute atomic E-state index is 13.7. The molecule has 5 rings (SSSR count). The van der Waals surface area contributed by atoms with Crippen LogP contribution < -0.4 is 5.32 Å². The van der Waals surface area contributed by atoms with Crippen LogP contribution in [0.5, 0.6) is 0 Å². The molecule has 0 unspecified atom stereocenters. The predicted molar refractivity (Wildman–Crippen MR) is 138 cm³/mol. The van der Waals surface area contributed by atoms with Crippen LogP contribution in [0.25, 0.3) is 16.9 Å². The van der Waals surface area contributed by atoms with E-state index in [1.807, 2.05) is 60.7 Å². The van der Waals surface area contributed by atoms with E-state index < -0.39 is 16.9 Å². The van der Waals surface area contributed by atoms with Crippen molar-refractivity contribution in [2.75, 3.05) is 0 Å². The Labute approximate surface area is 212 Å². The fraction of sp³-hybridized carbons (Fsp3) is 0.0345. The second kappa shape index (κ2) is 10.2. The van der Waals surface area contributed by atoms with Gasteiger partial charge in [-0.05, 0) is 53.6 Å². The van der Waals surface area contributed by atoms with E-state index in [1.54, 1.807) is 18.2 Å². The maximum atomic E-state index is 13.7. The number of halogens is 1. The number of carbonyl (C=O) groups is 1. The number of aromatic nitrogens is 2. The first-order valence-corrected chi connectivity index (χ1v) is 11.5. The van der Waals surface area contributed by atoms with Gasteiger partial charge < -0.3 is 5.32 Å². The molecule has 0 aliphatic heterocycles. The smallest absolute Gasteiger partial charge is 0.270 e. The summed E-state index contributed by atoms with van der Waals surface area (Å²) in [6.45, 7) is 0. The number of carbonyl (C=O) groups excluding carboxylic acids is 1. The lowest BCUT2D eigenvalue weighted by Crippen LogP contribution is -2.31. The number of amides is 1. The van der Waals surface area contributed by atoms with Crippen molar-refractivity contribution < 1.29 is 14.1 Å². The highest BCUT2D eigenvalue weighted by Gasteiger charge is 2.23. The third-order valence-electron chi connectivity index (χ3n) is 5.93. The zero-order chi connectivity index (χ0) is 25.8. The molecule has 0 spiro atoms. The molecule has 1 aromatic heterocycles. The molecule has 0 aliphatic carbocycles. The van der Waals surface area contributed by atoms with Gasteiger partial charge in [0.05, 0.1) is 22.3 Å². The van der Waals surface area contributed by atoms with Crippen molar-refractivity contribution in [3.05, 3.63) is 148 Å². The van der Waals surface area contributed by atoms with E-state index in [2.05, 4.69) is 10.4 Å². The fourth-order valence-corrected chi connectivity index (χ4v) is 4.07. The van der Waals surface area contributed by atoms with Gasteiger partial charge in [0.15, 0.2) is 0 Å². The number of nitrogens with zero attached hydrogens (tertiary/aromatic N) is 3. The molecule has 1 heterocycles. The molecule has 1 amide bonds. The number of rotatable bonds is 7. The number of non-ortho nitro benzene ring substituents is 1. The SMILES string of the molecule is O=C(NC(c1ccccc1)c1ccccc1)c1cc(-c2ccc(F)cc2)nn1-c1ccc([N+](=O)[O-])cc1. The third-order valence-corrected chi connectivity index (χ3v) is 5.93. The summed E-state index contributed by atoms with van der Waals surface area (Å²) >= 11 is 0. The number of nitrogens with one attached hydrogen (secondary N) is 1. The van der Waals surface area contributed by atoms with Crippen LogP contribution in [0.4, 0.5) is 10.1 Å². The molecule has 0 radical (unpaired) electrons. The molecule has 0 saturated heterocycles. The van der Waals surface area contributed by atoms with Crippen LogP contribution in [-0.4, -0.2) is 20.6 Å². The van der Waals surface area contributed by atoms with Crippen molar-refractivity contribution >= 4 is 11.6 Å². The molecule has 4 aromatic carbocycles. The van der Waals surface area contributed by atoms with Gasteiger partial charge in [0.2, 0.25) is 0 Å². The van der Waals surface area contributed by atoms with E-state index in [-0.39, 0.29) is 17.2 Å². The zero-order valence-electron chi connectivity index (χ0n) is 19.5. The van der Waals surface area contributed by atoms with Gasteiger partial charge in [-0.25, -0.2) is 9.07 Å². The monoisotopic (exact) mass is 492 g/mol. The second-order valence-corrected chi connectivity index (χ2v) is 8.33. The van der Waals surface area contributed by atoms with E-state index in [1.165, 1.54) is 41.1 Å². The van der Waals surface area contributed by atoms with Crippen molar-refractivity contribution in [3.63, 3.8) is 0 Å². The van der Waals surface area contributed by atoms with Crippen molar-refractivity contribution in [3.8, 4) is 16.9 Å². The molecule has 5 aromatic rings. The van der Waals surface area contributed by atoms with E-state index in [0.717, 1.165) is 11.1 Å². The lowest BCUT2D eigenvalue weighted by atomic mass is 9.98. The lowest BCUT2D eigenvalue weighted by Gasteiger charge is -2.20. The third kappa shape index (κ3) is 5.13. The average molecular weight is 493 g/mol. The largest absolute Gasteiger partial charge is 0.340 e. The first kappa shape index (κ1) is 23.6. The summed E-state index contributed by atoms with van der Waals surface area (Å²) in [6, 6.07) is 32.0. The number of hydrogen-bond donors (Lipinski definition) is 1. The van der Waals surface area contributed by atoms with Crippen LogP contribution in [0.1, 0.15) is 27.7 Å². The summed E-state index contributed by atoms with van der Waals surface area (Å²) in [4.78, 5) is 24.4. The van der Waals surface area contributed by atoms with E-state index in [9.17, 15) is 19.3 Å². The van der Waals surface area contributed by atoms with Crippen molar-refractivity contribution in [2.45, 2.75) is 6.04 Å². The van der Waals surface area contributed by atoms with E-state index in [0.29, 0.717) is 16.9 Å². The molecule has 37 heavy (non-hydrogen) atoms. The van der Waals surface area contributed by atoms with Gasteiger partial charge in [-0.3, -0.25) is 14.9 Å². The van der Waals surface area contributed by atoms with Crippen molar-refractivity contribution in [1.29, 1.82) is 0 Å². The van der Waals surface area contributed by atoms with Gasteiger partial charge in [-0.15, -0.1) is 0 Å². The molecule has 0 saturated carbocycles. The Morgan fingerprint density at radius 2 is 1.41 bits per heavy atom. The van der Waals surface area contributed by atoms with Crippen LogP contribution in [0.15, 0.2) is 115 Å². The number of nitro groups is 1. The quantitative estimate of drug-likeness (QED) is 0.219. The first-order valence-electron chi connectivity index (χ1n) is 11.5. The topological polar surface area (TPSA) is 90.1 Å². The number of hydrogen-bond acceptors (Lipinski definition) is 4. The van der Waals surface area contributed by atoms with Gasteiger partial charge in [0.1, 0.15) is 11.5 Å². The molecule has 182 valence electrons. The van der Waals surface area contributed by atoms with Gasteiger partial charge >= 0.3 is 0 Å². The lowest BCUT2D eigenvalue weighted by molar-refractivity contribution is -0.384. The number of nitro benzene ring substituents is 1. The normalized spacial score (nSPS) is 10.9. The maximum Gasteiger partial charge on any atom is 0.270 e. The Morgan fingerprint density at radius 3 is 1.95 bits per heavy atom. The van der Waals surface area contributed by atoms with Crippen LogP contribution >= 0.6 is 0 Å². The van der Waals surface area contributed by atoms with Gasteiger partial charge in [0, 0.05) is 17.7 Å². The van der Waals surface area contributed by atoms with E-state index in [4.69, 9.17) is 0 Å². The molecule has 0 atom stereocenters. The molecule has 0 bridgehead atoms. The van der Waals surface area contributed by atoms with Crippen LogP contribution in [-0.2, 0) is 0 Å². The minimum atomic E-state index is -0.491. The van der Waals surface area contributed by atoms with Crippen LogP contribution in [0, 0.1) is 15.9 Å². The second-order valence-electron chi connectivity index (χ2n) is 8.33. The summed E-state index contributed by atoms with van der Waals surface area (Å²) in [5.74, 6) is -0.776. The predicted octanol–water partition coefficient (Wildman–Crippen LogP) is 6.11. The molecule has 8 heteroatoms. The van der Waals surface area contributed by atoms with Crippen LogP contribution in [0.3, 0.4) is 0 Å². The van der Waals surface area contributed by atoms with Gasteiger partial charge in [-0.1, -0.05) is 60.7 Å². The Kier molecular flexibility index (Phi) is 6.54. The van der Waals surface area contributed by atoms with E-state index >= 15 is 0 Å². The first-order chi connectivity index (χ1) is 18.0. The fourth-order valence-electron chi connectivity index (χ4n) is 4.07. The summed E-state index contributed by atoms with van der Waals surface area (Å²) in [5.41, 5.74) is 3.52. The van der Waals surface area contributed by atoms with Crippen LogP contribution in [0.2, 0.25) is 0 Å².